The SMILES string of the molecule is Cc1ncc(C#N)c(Oc2cccc(C)c2F)n1. The standard InChI is InChI=1S/C13H10FN3O/c1-8-4-3-5-11(12(8)14)18-13-10(6-15)7-16-9(2)17-13/h3-5,7H,1-2H3. The van der Waals surface area contributed by atoms with Gasteiger partial charge in [-0.2, -0.15) is 10.2 Å². The van der Waals surface area contributed by atoms with Gasteiger partial charge in [0.25, 0.3) is 0 Å². The molecule has 5 heteroatoms. The molecule has 0 bridgehead atoms. The highest BCUT2D eigenvalue weighted by molar-refractivity contribution is 5.40. The third-order valence-electron chi connectivity index (χ3n) is 2.36. The highest BCUT2D eigenvalue weighted by atomic mass is 19.1. The summed E-state index contributed by atoms with van der Waals surface area (Å²) < 4.78 is 19.1. The molecule has 1 aromatic heterocycles. The third kappa shape index (κ3) is 2.28. The average molecular weight is 243 g/mol. The number of benzene rings is 1. The van der Waals surface area contributed by atoms with Crippen LogP contribution in [0.5, 0.6) is 11.6 Å². The fourth-order valence-corrected chi connectivity index (χ4v) is 1.41. The summed E-state index contributed by atoms with van der Waals surface area (Å²) in [4.78, 5) is 7.87. The lowest BCUT2D eigenvalue weighted by Crippen LogP contribution is -1.98. The molecule has 4 nitrogen and oxygen atoms in total. The van der Waals surface area contributed by atoms with Crippen LogP contribution in [0.4, 0.5) is 4.39 Å². The first-order chi connectivity index (χ1) is 8.61. The van der Waals surface area contributed by atoms with E-state index in [1.807, 2.05) is 6.07 Å². The normalized spacial score (nSPS) is 9.89. The molecular weight excluding hydrogens is 233 g/mol. The van der Waals surface area contributed by atoms with Crippen molar-refractivity contribution in [3.05, 3.63) is 47.2 Å². The highest BCUT2D eigenvalue weighted by Gasteiger charge is 2.12. The summed E-state index contributed by atoms with van der Waals surface area (Å²) in [7, 11) is 0. The van der Waals surface area contributed by atoms with E-state index in [1.165, 1.54) is 12.3 Å². The van der Waals surface area contributed by atoms with Crippen LogP contribution in [0, 0.1) is 31.0 Å². The first-order valence-electron chi connectivity index (χ1n) is 5.28. The zero-order chi connectivity index (χ0) is 13.1. The minimum Gasteiger partial charge on any atom is -0.434 e. The number of hydrogen-bond donors (Lipinski definition) is 0. The lowest BCUT2D eigenvalue weighted by Gasteiger charge is -2.08. The first-order valence-corrected chi connectivity index (χ1v) is 5.28. The Kier molecular flexibility index (Phi) is 3.20. The minimum absolute atomic E-state index is 0.0459. The van der Waals surface area contributed by atoms with Gasteiger partial charge in [0.2, 0.25) is 5.88 Å². The Labute approximate surface area is 104 Å². The summed E-state index contributed by atoms with van der Waals surface area (Å²) in [6, 6.07) is 6.70. The van der Waals surface area contributed by atoms with Crippen molar-refractivity contribution in [2.75, 3.05) is 0 Å². The molecule has 0 aliphatic rings. The second kappa shape index (κ2) is 4.80. The van der Waals surface area contributed by atoms with E-state index < -0.39 is 5.82 Å². The first kappa shape index (κ1) is 12.0. The Morgan fingerprint density at radius 3 is 2.83 bits per heavy atom. The summed E-state index contributed by atoms with van der Waals surface area (Å²) in [5.41, 5.74) is 0.637. The van der Waals surface area contributed by atoms with Gasteiger partial charge in [0.15, 0.2) is 11.6 Å². The maximum Gasteiger partial charge on any atom is 0.240 e. The number of ether oxygens (including phenoxy) is 1. The zero-order valence-electron chi connectivity index (χ0n) is 9.94. The van der Waals surface area contributed by atoms with Gasteiger partial charge in [0, 0.05) is 0 Å². The van der Waals surface area contributed by atoms with Crippen molar-refractivity contribution in [2.24, 2.45) is 0 Å². The molecule has 18 heavy (non-hydrogen) atoms. The molecule has 90 valence electrons. The van der Waals surface area contributed by atoms with Crippen molar-refractivity contribution in [2.45, 2.75) is 13.8 Å². The molecule has 0 saturated heterocycles. The van der Waals surface area contributed by atoms with Gasteiger partial charge in [-0.15, -0.1) is 0 Å². The van der Waals surface area contributed by atoms with Crippen molar-refractivity contribution < 1.29 is 9.13 Å². The molecule has 0 unspecified atom stereocenters. The molecule has 0 amide bonds. The van der Waals surface area contributed by atoms with E-state index in [1.54, 1.807) is 26.0 Å². The second-order valence-electron chi connectivity index (χ2n) is 3.74. The highest BCUT2D eigenvalue weighted by Crippen LogP contribution is 2.26. The largest absolute Gasteiger partial charge is 0.434 e. The van der Waals surface area contributed by atoms with E-state index >= 15 is 0 Å². The predicted molar refractivity (Wildman–Crippen MR) is 62.7 cm³/mol. The van der Waals surface area contributed by atoms with Crippen molar-refractivity contribution in [1.29, 1.82) is 5.26 Å². The molecule has 0 aliphatic carbocycles. The number of rotatable bonds is 2. The van der Waals surface area contributed by atoms with E-state index in [4.69, 9.17) is 10.00 Å². The van der Waals surface area contributed by atoms with Gasteiger partial charge in [0.1, 0.15) is 17.5 Å². The number of aromatic nitrogens is 2. The van der Waals surface area contributed by atoms with Gasteiger partial charge in [-0.05, 0) is 25.5 Å². The van der Waals surface area contributed by atoms with Gasteiger partial charge in [-0.3, -0.25) is 0 Å². The molecule has 1 heterocycles. The van der Waals surface area contributed by atoms with Crippen LogP contribution in [0.15, 0.2) is 24.4 Å². The summed E-state index contributed by atoms with van der Waals surface area (Å²) in [6.07, 6.45) is 1.35. The number of halogens is 1. The number of nitriles is 1. The lowest BCUT2D eigenvalue weighted by molar-refractivity contribution is 0.422. The van der Waals surface area contributed by atoms with E-state index in [9.17, 15) is 4.39 Å². The summed E-state index contributed by atoms with van der Waals surface area (Å²) in [5.74, 6) is 0.105. The average Bonchev–Trinajstić information content (AvgIpc) is 2.35. The van der Waals surface area contributed by atoms with E-state index in [-0.39, 0.29) is 17.2 Å². The van der Waals surface area contributed by atoms with Crippen molar-refractivity contribution in [1.82, 2.24) is 9.97 Å². The van der Waals surface area contributed by atoms with Crippen LogP contribution in [-0.2, 0) is 0 Å². The Balaban J connectivity index is 2.43. The van der Waals surface area contributed by atoms with Gasteiger partial charge in [0.05, 0.1) is 6.20 Å². The molecule has 0 saturated carbocycles. The predicted octanol–water partition coefficient (Wildman–Crippen LogP) is 2.90. The summed E-state index contributed by atoms with van der Waals surface area (Å²) >= 11 is 0. The van der Waals surface area contributed by atoms with Crippen LogP contribution in [-0.4, -0.2) is 9.97 Å². The summed E-state index contributed by atoms with van der Waals surface area (Å²) in [5, 5.41) is 8.91. The number of hydrogen-bond acceptors (Lipinski definition) is 4. The molecule has 2 rings (SSSR count). The van der Waals surface area contributed by atoms with E-state index in [2.05, 4.69) is 9.97 Å². The van der Waals surface area contributed by atoms with Gasteiger partial charge < -0.3 is 4.74 Å². The van der Waals surface area contributed by atoms with Crippen LogP contribution in [0.3, 0.4) is 0 Å². The quantitative estimate of drug-likeness (QED) is 0.813. The summed E-state index contributed by atoms with van der Waals surface area (Å²) in [6.45, 7) is 3.30. The molecule has 0 N–H and O–H groups in total. The van der Waals surface area contributed by atoms with Crippen LogP contribution in [0.2, 0.25) is 0 Å². The van der Waals surface area contributed by atoms with E-state index in [0.717, 1.165) is 0 Å². The van der Waals surface area contributed by atoms with E-state index in [0.29, 0.717) is 11.4 Å². The van der Waals surface area contributed by atoms with Crippen molar-refractivity contribution in [3.63, 3.8) is 0 Å². The molecular formula is C13H10FN3O. The molecule has 0 atom stereocenters. The van der Waals surface area contributed by atoms with Crippen LogP contribution >= 0.6 is 0 Å². The Morgan fingerprint density at radius 1 is 1.33 bits per heavy atom. The molecule has 1 aromatic carbocycles. The Hall–Kier alpha value is -2.48. The molecule has 0 aliphatic heterocycles. The van der Waals surface area contributed by atoms with Gasteiger partial charge in [-0.1, -0.05) is 12.1 Å². The van der Waals surface area contributed by atoms with Crippen LogP contribution < -0.4 is 4.74 Å². The van der Waals surface area contributed by atoms with Gasteiger partial charge >= 0.3 is 0 Å². The third-order valence-corrected chi connectivity index (χ3v) is 2.36. The maximum absolute atomic E-state index is 13.8. The lowest BCUT2D eigenvalue weighted by atomic mass is 10.2. The van der Waals surface area contributed by atoms with Gasteiger partial charge in [-0.25, -0.2) is 9.37 Å². The molecule has 0 radical (unpaired) electrons. The number of nitrogens with zero attached hydrogens (tertiary/aromatic N) is 3. The second-order valence-corrected chi connectivity index (χ2v) is 3.74. The Bertz CT molecular complexity index is 635. The minimum atomic E-state index is -0.461. The molecule has 2 aromatic rings. The molecule has 0 fully saturated rings. The Morgan fingerprint density at radius 2 is 2.11 bits per heavy atom. The van der Waals surface area contributed by atoms with Crippen LogP contribution in [0.1, 0.15) is 17.0 Å². The topological polar surface area (TPSA) is 58.8 Å². The monoisotopic (exact) mass is 243 g/mol. The van der Waals surface area contributed by atoms with Crippen molar-refractivity contribution in [3.8, 4) is 17.7 Å². The fraction of sp³-hybridized carbons (Fsp3) is 0.154. The van der Waals surface area contributed by atoms with Crippen LogP contribution in [0.25, 0.3) is 0 Å². The smallest absolute Gasteiger partial charge is 0.240 e. The zero-order valence-corrected chi connectivity index (χ0v) is 9.94. The number of aryl methyl sites for hydroxylation is 2. The maximum atomic E-state index is 13.8. The van der Waals surface area contributed by atoms with Crippen molar-refractivity contribution >= 4 is 0 Å². The fourth-order valence-electron chi connectivity index (χ4n) is 1.41. The molecule has 0 spiro atoms.